The molecule has 1 amide bonds. The molecule has 1 saturated carbocycles. The van der Waals surface area contributed by atoms with Crippen LogP contribution in [0.25, 0.3) is 0 Å². The topological polar surface area (TPSA) is 29.1 Å². The van der Waals surface area contributed by atoms with Gasteiger partial charge in [-0.3, -0.25) is 4.79 Å². The minimum absolute atomic E-state index is 0.00813. The Bertz CT molecular complexity index is 412. The summed E-state index contributed by atoms with van der Waals surface area (Å²) in [6, 6.07) is 5.97. The second-order valence-electron chi connectivity index (χ2n) is 4.99. The third-order valence-corrected chi connectivity index (χ3v) is 4.73. The number of amides is 1. The Morgan fingerprint density at radius 2 is 1.94 bits per heavy atom. The summed E-state index contributed by atoms with van der Waals surface area (Å²) in [6.45, 7) is 3.98. The molecule has 1 fully saturated rings. The number of aryl methyl sites for hydroxylation is 2. The number of nitrogens with one attached hydrogen (secondary N) is 1. The molecule has 0 unspecified atom stereocenters. The fourth-order valence-corrected chi connectivity index (χ4v) is 3.07. The molecule has 3 heteroatoms. The van der Waals surface area contributed by atoms with Gasteiger partial charge in [0.1, 0.15) is 0 Å². The number of carbonyl (C=O) groups excluding carboxylic acids is 1. The first kappa shape index (κ1) is 12.6. The Balaban J connectivity index is 2.20. The summed E-state index contributed by atoms with van der Waals surface area (Å²) in [5.74, 6) is 0.0692. The van der Waals surface area contributed by atoms with E-state index in [2.05, 4.69) is 21.2 Å². The summed E-state index contributed by atoms with van der Waals surface area (Å²) in [5.41, 5.74) is 2.92. The highest BCUT2D eigenvalue weighted by molar-refractivity contribution is 9.09. The van der Waals surface area contributed by atoms with Crippen molar-refractivity contribution >= 4 is 21.8 Å². The van der Waals surface area contributed by atoms with Gasteiger partial charge in [0.15, 0.2) is 0 Å². The molecular weight excluding hydrogens is 278 g/mol. The van der Waals surface area contributed by atoms with Crippen molar-refractivity contribution in [2.75, 3.05) is 5.33 Å². The summed E-state index contributed by atoms with van der Waals surface area (Å²) in [5, 5.41) is 4.04. The smallest absolute Gasteiger partial charge is 0.252 e. The molecule has 0 aromatic heterocycles. The molecule has 0 heterocycles. The van der Waals surface area contributed by atoms with E-state index in [1.165, 1.54) is 6.42 Å². The van der Waals surface area contributed by atoms with Crippen molar-refractivity contribution in [3.8, 4) is 0 Å². The zero-order valence-corrected chi connectivity index (χ0v) is 11.9. The van der Waals surface area contributed by atoms with Gasteiger partial charge in [0.2, 0.25) is 0 Å². The first-order valence-electron chi connectivity index (χ1n) is 6.03. The number of benzene rings is 1. The average molecular weight is 296 g/mol. The largest absolute Gasteiger partial charge is 0.346 e. The molecule has 0 spiro atoms. The first-order valence-corrected chi connectivity index (χ1v) is 7.15. The quantitative estimate of drug-likeness (QED) is 0.852. The van der Waals surface area contributed by atoms with Crippen molar-refractivity contribution in [1.82, 2.24) is 5.32 Å². The van der Waals surface area contributed by atoms with E-state index in [0.29, 0.717) is 0 Å². The number of alkyl halides is 1. The summed E-state index contributed by atoms with van der Waals surface area (Å²) >= 11 is 3.51. The maximum absolute atomic E-state index is 12.3. The maximum Gasteiger partial charge on any atom is 0.252 e. The molecule has 1 aromatic carbocycles. The molecule has 1 aliphatic carbocycles. The molecule has 2 nitrogen and oxygen atoms in total. The zero-order valence-electron chi connectivity index (χ0n) is 10.3. The Hall–Kier alpha value is -0.830. The SMILES string of the molecule is Cc1cccc(C)c1C(=O)NC1(CBr)CCC1. The van der Waals surface area contributed by atoms with Gasteiger partial charge >= 0.3 is 0 Å². The lowest BCUT2D eigenvalue weighted by molar-refractivity contribution is 0.0855. The van der Waals surface area contributed by atoms with E-state index >= 15 is 0 Å². The van der Waals surface area contributed by atoms with E-state index in [1.807, 2.05) is 32.0 Å². The monoisotopic (exact) mass is 295 g/mol. The minimum atomic E-state index is -0.00813. The van der Waals surface area contributed by atoms with Gasteiger partial charge in [-0.25, -0.2) is 0 Å². The standard InChI is InChI=1S/C14H18BrNO/c1-10-5-3-6-11(2)12(10)13(17)16-14(9-15)7-4-8-14/h3,5-6H,4,7-9H2,1-2H3,(H,16,17). The van der Waals surface area contributed by atoms with Crippen molar-refractivity contribution in [2.45, 2.75) is 38.6 Å². The Kier molecular flexibility index (Phi) is 3.57. The van der Waals surface area contributed by atoms with Gasteiger partial charge in [-0.1, -0.05) is 34.1 Å². The fraction of sp³-hybridized carbons (Fsp3) is 0.500. The van der Waals surface area contributed by atoms with Gasteiger partial charge in [-0.2, -0.15) is 0 Å². The molecule has 0 saturated heterocycles. The highest BCUT2D eigenvalue weighted by Crippen LogP contribution is 2.33. The molecule has 0 bridgehead atoms. The van der Waals surface area contributed by atoms with Crippen LogP contribution in [-0.4, -0.2) is 16.8 Å². The number of hydrogen-bond donors (Lipinski definition) is 1. The van der Waals surface area contributed by atoms with Crippen molar-refractivity contribution in [2.24, 2.45) is 0 Å². The zero-order chi connectivity index (χ0) is 12.5. The molecule has 17 heavy (non-hydrogen) atoms. The third-order valence-electron chi connectivity index (χ3n) is 3.65. The van der Waals surface area contributed by atoms with Crippen molar-refractivity contribution in [3.63, 3.8) is 0 Å². The summed E-state index contributed by atoms with van der Waals surface area (Å²) in [7, 11) is 0. The van der Waals surface area contributed by atoms with E-state index in [9.17, 15) is 4.79 Å². The average Bonchev–Trinajstić information content (AvgIpc) is 2.23. The van der Waals surface area contributed by atoms with E-state index in [4.69, 9.17) is 0 Å². The van der Waals surface area contributed by atoms with Crippen LogP contribution in [-0.2, 0) is 0 Å². The van der Waals surface area contributed by atoms with Crippen molar-refractivity contribution in [3.05, 3.63) is 34.9 Å². The number of carbonyl (C=O) groups is 1. The highest BCUT2D eigenvalue weighted by Gasteiger charge is 2.37. The molecule has 0 radical (unpaired) electrons. The molecule has 1 aromatic rings. The number of hydrogen-bond acceptors (Lipinski definition) is 1. The van der Waals surface area contributed by atoms with Gasteiger partial charge in [0.05, 0.1) is 5.54 Å². The molecule has 2 rings (SSSR count). The predicted molar refractivity (Wildman–Crippen MR) is 73.8 cm³/mol. The normalized spacial score (nSPS) is 17.4. The van der Waals surface area contributed by atoms with Gasteiger partial charge in [0, 0.05) is 10.9 Å². The second-order valence-corrected chi connectivity index (χ2v) is 5.55. The van der Waals surface area contributed by atoms with E-state index in [1.54, 1.807) is 0 Å². The van der Waals surface area contributed by atoms with Gasteiger partial charge in [-0.15, -0.1) is 0 Å². The molecule has 92 valence electrons. The van der Waals surface area contributed by atoms with Crippen LogP contribution in [0.15, 0.2) is 18.2 Å². The van der Waals surface area contributed by atoms with Crippen LogP contribution >= 0.6 is 15.9 Å². The van der Waals surface area contributed by atoms with Crippen LogP contribution in [0.3, 0.4) is 0 Å². The van der Waals surface area contributed by atoms with Crippen LogP contribution < -0.4 is 5.32 Å². The Morgan fingerprint density at radius 1 is 1.35 bits per heavy atom. The Labute approximate surface area is 111 Å². The van der Waals surface area contributed by atoms with Crippen LogP contribution in [0.5, 0.6) is 0 Å². The van der Waals surface area contributed by atoms with Crippen LogP contribution in [0.1, 0.15) is 40.7 Å². The second kappa shape index (κ2) is 4.81. The lowest BCUT2D eigenvalue weighted by Crippen LogP contribution is -2.55. The predicted octanol–water partition coefficient (Wildman–Crippen LogP) is 3.35. The van der Waals surface area contributed by atoms with Crippen molar-refractivity contribution < 1.29 is 4.79 Å². The van der Waals surface area contributed by atoms with Crippen LogP contribution in [0.4, 0.5) is 0 Å². The van der Waals surface area contributed by atoms with E-state index in [-0.39, 0.29) is 11.4 Å². The molecule has 1 aliphatic rings. The van der Waals surface area contributed by atoms with Crippen LogP contribution in [0, 0.1) is 13.8 Å². The summed E-state index contributed by atoms with van der Waals surface area (Å²) in [4.78, 5) is 12.3. The van der Waals surface area contributed by atoms with Crippen molar-refractivity contribution in [1.29, 1.82) is 0 Å². The first-order chi connectivity index (χ1) is 8.08. The van der Waals surface area contributed by atoms with Crippen LogP contribution in [0.2, 0.25) is 0 Å². The lowest BCUT2D eigenvalue weighted by Gasteiger charge is -2.41. The fourth-order valence-electron chi connectivity index (χ4n) is 2.37. The highest BCUT2D eigenvalue weighted by atomic mass is 79.9. The lowest BCUT2D eigenvalue weighted by atomic mass is 9.78. The maximum atomic E-state index is 12.3. The molecular formula is C14H18BrNO. The number of rotatable bonds is 3. The summed E-state index contributed by atoms with van der Waals surface area (Å²) < 4.78 is 0. The Morgan fingerprint density at radius 3 is 2.35 bits per heavy atom. The van der Waals surface area contributed by atoms with Gasteiger partial charge < -0.3 is 5.32 Å². The van der Waals surface area contributed by atoms with Gasteiger partial charge in [-0.05, 0) is 44.2 Å². The third kappa shape index (κ3) is 2.39. The molecule has 0 aliphatic heterocycles. The summed E-state index contributed by atoms with van der Waals surface area (Å²) in [6.07, 6.45) is 3.36. The molecule has 0 atom stereocenters. The van der Waals surface area contributed by atoms with E-state index in [0.717, 1.165) is 34.9 Å². The minimum Gasteiger partial charge on any atom is -0.346 e. The number of halogens is 1. The van der Waals surface area contributed by atoms with E-state index < -0.39 is 0 Å². The molecule has 1 N–H and O–H groups in total. The van der Waals surface area contributed by atoms with Gasteiger partial charge in [0.25, 0.3) is 5.91 Å².